The Labute approximate surface area is 162 Å². The van der Waals surface area contributed by atoms with Crippen molar-refractivity contribution in [3.63, 3.8) is 0 Å². The predicted molar refractivity (Wildman–Crippen MR) is 104 cm³/mol. The molecule has 0 fully saturated rings. The van der Waals surface area contributed by atoms with Gasteiger partial charge >= 0.3 is 0 Å². The van der Waals surface area contributed by atoms with E-state index in [9.17, 15) is 8.42 Å². The van der Waals surface area contributed by atoms with Crippen LogP contribution in [0.15, 0.2) is 77.2 Å². The lowest BCUT2D eigenvalue weighted by Crippen LogP contribution is -2.26. The molecule has 0 saturated carbocycles. The van der Waals surface area contributed by atoms with Gasteiger partial charge in [-0.1, -0.05) is 54.1 Å². The molecule has 138 valence electrons. The maximum Gasteiger partial charge on any atom is 0.298 e. The van der Waals surface area contributed by atoms with Gasteiger partial charge in [-0.05, 0) is 23.3 Å². The lowest BCUT2D eigenvalue weighted by Gasteiger charge is -2.15. The Bertz CT molecular complexity index is 1090. The van der Waals surface area contributed by atoms with Gasteiger partial charge in [-0.3, -0.25) is 0 Å². The van der Waals surface area contributed by atoms with Gasteiger partial charge in [0.05, 0.1) is 18.6 Å². The topological polar surface area (TPSA) is 67.6 Å². The molecule has 27 heavy (non-hydrogen) atoms. The molecule has 1 atom stereocenters. The van der Waals surface area contributed by atoms with E-state index in [1.807, 2.05) is 42.5 Å². The Balaban J connectivity index is 1.78. The van der Waals surface area contributed by atoms with Crippen molar-refractivity contribution in [2.45, 2.75) is 10.9 Å². The third-order valence-electron chi connectivity index (χ3n) is 4.45. The first kappa shape index (κ1) is 17.8. The van der Waals surface area contributed by atoms with Crippen molar-refractivity contribution >= 4 is 27.3 Å². The average Bonchev–Trinajstić information content (AvgIpc) is 3.30. The average molecular weight is 401 g/mol. The first-order valence-corrected chi connectivity index (χ1v) is 10.2. The number of imidazole rings is 1. The van der Waals surface area contributed by atoms with Crippen molar-refractivity contribution < 1.29 is 8.42 Å². The van der Waals surface area contributed by atoms with Crippen LogP contribution in [-0.2, 0) is 17.1 Å². The van der Waals surface area contributed by atoms with Gasteiger partial charge in [0.15, 0.2) is 5.03 Å². The summed E-state index contributed by atoms with van der Waals surface area (Å²) in [5.74, 6) is -0.175. The SMILES string of the molecule is Cn1cnc(S(=O)(=O)N2C[C@@H](c3ccccc3)C(c3ccc(Cl)cc3)=N2)c1. The maximum atomic E-state index is 13.0. The van der Waals surface area contributed by atoms with Crippen molar-refractivity contribution in [3.8, 4) is 0 Å². The van der Waals surface area contributed by atoms with Gasteiger partial charge in [-0.15, -0.1) is 0 Å². The van der Waals surface area contributed by atoms with Crippen LogP contribution in [0, 0.1) is 0 Å². The fourth-order valence-electron chi connectivity index (χ4n) is 3.08. The molecule has 1 aliphatic heterocycles. The maximum absolute atomic E-state index is 13.0. The molecule has 0 aliphatic carbocycles. The smallest absolute Gasteiger partial charge is 0.298 e. The van der Waals surface area contributed by atoms with Gasteiger partial charge in [0.25, 0.3) is 10.0 Å². The Hall–Kier alpha value is -2.64. The van der Waals surface area contributed by atoms with E-state index in [2.05, 4.69) is 10.1 Å². The summed E-state index contributed by atoms with van der Waals surface area (Å²) in [6.07, 6.45) is 2.93. The van der Waals surface area contributed by atoms with E-state index < -0.39 is 10.0 Å². The number of hydrazone groups is 1. The van der Waals surface area contributed by atoms with Crippen LogP contribution in [0.3, 0.4) is 0 Å². The highest BCUT2D eigenvalue weighted by Crippen LogP contribution is 2.32. The second kappa shape index (κ2) is 6.83. The normalized spacial score (nSPS) is 17.2. The van der Waals surface area contributed by atoms with Crippen LogP contribution < -0.4 is 0 Å². The summed E-state index contributed by atoms with van der Waals surface area (Å²) in [6.45, 7) is 0.223. The number of hydrogen-bond acceptors (Lipinski definition) is 4. The first-order valence-electron chi connectivity index (χ1n) is 8.35. The molecule has 2 heterocycles. The summed E-state index contributed by atoms with van der Waals surface area (Å²) in [7, 11) is -2.09. The lowest BCUT2D eigenvalue weighted by molar-refractivity contribution is 0.449. The van der Waals surface area contributed by atoms with Crippen molar-refractivity contribution in [3.05, 3.63) is 83.3 Å². The fraction of sp³-hybridized carbons (Fsp3) is 0.158. The van der Waals surface area contributed by atoms with Gasteiger partial charge in [0, 0.05) is 24.2 Å². The lowest BCUT2D eigenvalue weighted by atomic mass is 9.91. The molecule has 0 spiro atoms. The second-order valence-corrected chi connectivity index (χ2v) is 8.57. The molecule has 3 aromatic rings. The summed E-state index contributed by atoms with van der Waals surface area (Å²) >= 11 is 6.00. The Morgan fingerprint density at radius 3 is 2.41 bits per heavy atom. The molecule has 0 unspecified atom stereocenters. The van der Waals surface area contributed by atoms with Crippen molar-refractivity contribution in [1.29, 1.82) is 0 Å². The Morgan fingerprint density at radius 2 is 1.78 bits per heavy atom. The van der Waals surface area contributed by atoms with Crippen molar-refractivity contribution in [2.75, 3.05) is 6.54 Å². The molecule has 6 nitrogen and oxygen atoms in total. The summed E-state index contributed by atoms with van der Waals surface area (Å²) in [5.41, 5.74) is 2.54. The van der Waals surface area contributed by atoms with E-state index in [-0.39, 0.29) is 17.5 Å². The number of hydrogen-bond donors (Lipinski definition) is 0. The summed E-state index contributed by atoms with van der Waals surface area (Å²) in [6, 6.07) is 17.0. The number of rotatable bonds is 4. The summed E-state index contributed by atoms with van der Waals surface area (Å²) < 4.78 is 28.7. The first-order chi connectivity index (χ1) is 12.9. The molecule has 0 amide bonds. The number of sulfonamides is 1. The van der Waals surface area contributed by atoms with Gasteiger partial charge in [-0.25, -0.2) is 4.98 Å². The summed E-state index contributed by atoms with van der Waals surface area (Å²) in [4.78, 5) is 3.99. The molecule has 4 rings (SSSR count). The molecular weight excluding hydrogens is 384 g/mol. The molecule has 0 N–H and O–H groups in total. The zero-order chi connectivity index (χ0) is 19.0. The number of nitrogens with zero attached hydrogens (tertiary/aromatic N) is 4. The van der Waals surface area contributed by atoms with E-state index in [1.165, 1.54) is 12.5 Å². The third-order valence-corrected chi connectivity index (χ3v) is 6.23. The quantitative estimate of drug-likeness (QED) is 0.675. The van der Waals surface area contributed by atoms with Crippen LogP contribution in [0.5, 0.6) is 0 Å². The highest BCUT2D eigenvalue weighted by atomic mass is 35.5. The van der Waals surface area contributed by atoms with Gasteiger partial charge in [-0.2, -0.15) is 17.9 Å². The van der Waals surface area contributed by atoms with Crippen LogP contribution in [0.25, 0.3) is 0 Å². The standard InChI is InChI=1S/C19H17ClN4O2S/c1-23-12-18(21-13-23)27(25,26)24-11-17(14-5-3-2-4-6-14)19(22-24)15-7-9-16(20)10-8-15/h2-10,12-13,17H,11H2,1H3/t17-/m0/s1. The number of aryl methyl sites for hydroxylation is 1. The second-order valence-electron chi connectivity index (χ2n) is 6.34. The Kier molecular flexibility index (Phi) is 4.49. The molecule has 1 aliphatic rings. The van der Waals surface area contributed by atoms with E-state index in [1.54, 1.807) is 23.7 Å². The largest absolute Gasteiger partial charge is 0.339 e. The van der Waals surface area contributed by atoms with Crippen LogP contribution in [-0.4, -0.2) is 34.6 Å². The minimum Gasteiger partial charge on any atom is -0.339 e. The van der Waals surface area contributed by atoms with Crippen LogP contribution in [0.2, 0.25) is 5.02 Å². The van der Waals surface area contributed by atoms with Crippen molar-refractivity contribution in [1.82, 2.24) is 14.0 Å². The monoisotopic (exact) mass is 400 g/mol. The minimum atomic E-state index is -3.82. The molecule has 0 radical (unpaired) electrons. The van der Waals surface area contributed by atoms with E-state index in [0.717, 1.165) is 15.5 Å². The van der Waals surface area contributed by atoms with Gasteiger partial charge in [0.2, 0.25) is 0 Å². The minimum absolute atomic E-state index is 0.0158. The molecule has 1 aromatic heterocycles. The predicted octanol–water partition coefficient (Wildman–Crippen LogP) is 3.27. The molecule has 0 saturated heterocycles. The van der Waals surface area contributed by atoms with Gasteiger partial charge < -0.3 is 4.57 Å². The van der Waals surface area contributed by atoms with Crippen LogP contribution in [0.4, 0.5) is 0 Å². The molecule has 2 aromatic carbocycles. The summed E-state index contributed by atoms with van der Waals surface area (Å²) in [5, 5.41) is 5.07. The van der Waals surface area contributed by atoms with Crippen LogP contribution in [0.1, 0.15) is 17.0 Å². The highest BCUT2D eigenvalue weighted by Gasteiger charge is 2.36. The van der Waals surface area contributed by atoms with Crippen LogP contribution >= 0.6 is 11.6 Å². The Morgan fingerprint density at radius 1 is 1.07 bits per heavy atom. The zero-order valence-electron chi connectivity index (χ0n) is 14.5. The van der Waals surface area contributed by atoms with Crippen molar-refractivity contribution in [2.24, 2.45) is 12.1 Å². The zero-order valence-corrected chi connectivity index (χ0v) is 16.1. The molecule has 8 heteroatoms. The number of halogens is 1. The number of benzene rings is 2. The van der Waals surface area contributed by atoms with Gasteiger partial charge in [0.1, 0.15) is 0 Å². The molecule has 0 bridgehead atoms. The van der Waals surface area contributed by atoms with E-state index in [0.29, 0.717) is 10.7 Å². The number of aromatic nitrogens is 2. The van der Waals surface area contributed by atoms with E-state index >= 15 is 0 Å². The van der Waals surface area contributed by atoms with E-state index in [4.69, 9.17) is 11.6 Å². The fourth-order valence-corrected chi connectivity index (χ4v) is 4.45. The highest BCUT2D eigenvalue weighted by molar-refractivity contribution is 7.89. The molecular formula is C19H17ClN4O2S. The third kappa shape index (κ3) is 3.36.